The minimum absolute atomic E-state index is 0.592. The van der Waals surface area contributed by atoms with Crippen molar-refractivity contribution in [1.29, 1.82) is 0 Å². The van der Waals surface area contributed by atoms with Crippen LogP contribution < -0.4 is 5.73 Å². The van der Waals surface area contributed by atoms with Crippen LogP contribution in [0.1, 0.15) is 5.69 Å². The first-order chi connectivity index (χ1) is 9.29. The highest BCUT2D eigenvalue weighted by atomic mass is 32.2. The second-order valence-corrected chi connectivity index (χ2v) is 5.11. The van der Waals surface area contributed by atoms with Gasteiger partial charge in [0.15, 0.2) is 5.16 Å². The molecule has 0 atom stereocenters. The summed E-state index contributed by atoms with van der Waals surface area (Å²) >= 11 is 1.52. The van der Waals surface area contributed by atoms with Gasteiger partial charge in [0, 0.05) is 19.7 Å². The molecule has 3 heterocycles. The van der Waals surface area contributed by atoms with Gasteiger partial charge in [0.1, 0.15) is 17.0 Å². The van der Waals surface area contributed by atoms with E-state index < -0.39 is 0 Å². The molecular formula is C12H14N6S. The zero-order valence-electron chi connectivity index (χ0n) is 10.5. The molecule has 98 valence electrons. The Bertz CT molecular complexity index is 701. The van der Waals surface area contributed by atoms with Crippen LogP contribution >= 0.6 is 11.8 Å². The van der Waals surface area contributed by atoms with Crippen molar-refractivity contribution in [3.63, 3.8) is 0 Å². The molecule has 2 N–H and O–H groups in total. The molecule has 0 fully saturated rings. The number of imidazole rings is 1. The average Bonchev–Trinajstić information content (AvgIpc) is 2.96. The van der Waals surface area contributed by atoms with E-state index in [1.165, 1.54) is 11.8 Å². The SMILES string of the molecule is Cn1cnnc1Sc1nc2ccccn2c1CCN. The van der Waals surface area contributed by atoms with Crippen LogP contribution in [-0.4, -0.2) is 30.7 Å². The Morgan fingerprint density at radius 1 is 1.37 bits per heavy atom. The number of aromatic nitrogens is 5. The molecule has 3 rings (SSSR count). The maximum Gasteiger partial charge on any atom is 0.197 e. The summed E-state index contributed by atoms with van der Waals surface area (Å²) in [5, 5.41) is 9.72. The summed E-state index contributed by atoms with van der Waals surface area (Å²) in [5.41, 5.74) is 7.74. The Labute approximate surface area is 114 Å². The number of fused-ring (bicyclic) bond motifs is 1. The first-order valence-corrected chi connectivity index (χ1v) is 6.79. The smallest absolute Gasteiger partial charge is 0.197 e. The van der Waals surface area contributed by atoms with Crippen LogP contribution in [-0.2, 0) is 13.5 Å². The van der Waals surface area contributed by atoms with Gasteiger partial charge >= 0.3 is 0 Å². The molecular weight excluding hydrogens is 260 g/mol. The third-order valence-corrected chi connectivity index (χ3v) is 3.90. The van der Waals surface area contributed by atoms with Crippen molar-refractivity contribution in [2.24, 2.45) is 12.8 Å². The van der Waals surface area contributed by atoms with Gasteiger partial charge in [0.25, 0.3) is 0 Å². The lowest BCUT2D eigenvalue weighted by molar-refractivity contribution is 0.785. The Morgan fingerprint density at radius 2 is 2.26 bits per heavy atom. The molecule has 3 aromatic heterocycles. The lowest BCUT2D eigenvalue weighted by atomic mass is 10.3. The monoisotopic (exact) mass is 274 g/mol. The molecule has 0 aliphatic carbocycles. The van der Waals surface area contributed by atoms with Crippen molar-refractivity contribution >= 4 is 17.4 Å². The fraction of sp³-hybridized carbons (Fsp3) is 0.250. The maximum atomic E-state index is 5.70. The van der Waals surface area contributed by atoms with Gasteiger partial charge in [0.2, 0.25) is 0 Å². The summed E-state index contributed by atoms with van der Waals surface area (Å²) in [6, 6.07) is 5.96. The minimum atomic E-state index is 0.592. The molecule has 0 saturated carbocycles. The Morgan fingerprint density at radius 3 is 3.00 bits per heavy atom. The van der Waals surface area contributed by atoms with Crippen LogP contribution in [0.5, 0.6) is 0 Å². The number of rotatable bonds is 4. The Balaban J connectivity index is 2.07. The normalized spacial score (nSPS) is 11.3. The summed E-state index contributed by atoms with van der Waals surface area (Å²) < 4.78 is 3.95. The molecule has 0 radical (unpaired) electrons. The van der Waals surface area contributed by atoms with E-state index in [2.05, 4.69) is 19.6 Å². The maximum absolute atomic E-state index is 5.70. The first kappa shape index (κ1) is 12.2. The number of aryl methyl sites for hydroxylation is 1. The van der Waals surface area contributed by atoms with Crippen molar-refractivity contribution in [3.05, 3.63) is 36.4 Å². The highest BCUT2D eigenvalue weighted by Crippen LogP contribution is 2.28. The highest BCUT2D eigenvalue weighted by Gasteiger charge is 2.14. The molecule has 0 spiro atoms. The van der Waals surface area contributed by atoms with Crippen molar-refractivity contribution in [2.45, 2.75) is 16.6 Å². The lowest BCUT2D eigenvalue weighted by Gasteiger charge is -2.02. The fourth-order valence-corrected chi connectivity index (χ4v) is 2.83. The van der Waals surface area contributed by atoms with Crippen LogP contribution in [0.25, 0.3) is 5.65 Å². The third kappa shape index (κ3) is 2.22. The van der Waals surface area contributed by atoms with Gasteiger partial charge in [0.05, 0.1) is 5.69 Å². The Kier molecular flexibility index (Phi) is 3.22. The van der Waals surface area contributed by atoms with Gasteiger partial charge in [-0.05, 0) is 30.4 Å². The second-order valence-electron chi connectivity index (χ2n) is 4.16. The quantitative estimate of drug-likeness (QED) is 0.771. The molecule has 0 aromatic carbocycles. The van der Waals surface area contributed by atoms with Crippen LogP contribution in [0.3, 0.4) is 0 Å². The zero-order chi connectivity index (χ0) is 13.2. The summed E-state index contributed by atoms with van der Waals surface area (Å²) in [4.78, 5) is 4.64. The van der Waals surface area contributed by atoms with Crippen LogP contribution in [0, 0.1) is 0 Å². The highest BCUT2D eigenvalue weighted by molar-refractivity contribution is 7.99. The van der Waals surface area contributed by atoms with Crippen molar-refractivity contribution in [2.75, 3.05) is 6.54 Å². The van der Waals surface area contributed by atoms with Crippen LogP contribution in [0.4, 0.5) is 0 Å². The molecule has 0 amide bonds. The van der Waals surface area contributed by atoms with E-state index in [0.29, 0.717) is 6.54 Å². The molecule has 0 unspecified atom stereocenters. The largest absolute Gasteiger partial charge is 0.330 e. The molecule has 7 heteroatoms. The Hall–Kier alpha value is -1.86. The van der Waals surface area contributed by atoms with E-state index in [1.54, 1.807) is 6.33 Å². The van der Waals surface area contributed by atoms with Crippen LogP contribution in [0.2, 0.25) is 0 Å². The van der Waals surface area contributed by atoms with E-state index in [4.69, 9.17) is 5.73 Å². The van der Waals surface area contributed by atoms with Crippen molar-refractivity contribution in [3.8, 4) is 0 Å². The average molecular weight is 274 g/mol. The van der Waals surface area contributed by atoms with Gasteiger partial charge < -0.3 is 14.7 Å². The molecule has 19 heavy (non-hydrogen) atoms. The predicted octanol–water partition coefficient (Wildman–Crippen LogP) is 1.12. The summed E-state index contributed by atoms with van der Waals surface area (Å²) in [6.45, 7) is 0.592. The number of nitrogens with two attached hydrogens (primary N) is 1. The summed E-state index contributed by atoms with van der Waals surface area (Å²) in [7, 11) is 1.92. The zero-order valence-corrected chi connectivity index (χ0v) is 11.3. The number of hydrogen-bond donors (Lipinski definition) is 1. The van der Waals surface area contributed by atoms with Gasteiger partial charge in [-0.2, -0.15) is 0 Å². The topological polar surface area (TPSA) is 74.0 Å². The molecule has 0 aliphatic heterocycles. The summed E-state index contributed by atoms with van der Waals surface area (Å²) in [6.07, 6.45) is 4.47. The van der Waals surface area contributed by atoms with Gasteiger partial charge in [-0.15, -0.1) is 10.2 Å². The van der Waals surface area contributed by atoms with Crippen molar-refractivity contribution in [1.82, 2.24) is 24.1 Å². The third-order valence-electron chi connectivity index (χ3n) is 2.83. The van der Waals surface area contributed by atoms with Gasteiger partial charge in [-0.1, -0.05) is 6.07 Å². The van der Waals surface area contributed by atoms with E-state index in [-0.39, 0.29) is 0 Å². The summed E-state index contributed by atoms with van der Waals surface area (Å²) in [5.74, 6) is 0. The second kappa shape index (κ2) is 5.02. The van der Waals surface area contributed by atoms with Gasteiger partial charge in [-0.3, -0.25) is 0 Å². The molecule has 6 nitrogen and oxygen atoms in total. The fourth-order valence-electron chi connectivity index (χ4n) is 1.92. The molecule has 0 saturated heterocycles. The van der Waals surface area contributed by atoms with Crippen LogP contribution in [0.15, 0.2) is 40.9 Å². The van der Waals surface area contributed by atoms with Crippen molar-refractivity contribution < 1.29 is 0 Å². The molecule has 3 aromatic rings. The molecule has 0 bridgehead atoms. The number of nitrogens with zero attached hydrogens (tertiary/aromatic N) is 5. The minimum Gasteiger partial charge on any atom is -0.330 e. The van der Waals surface area contributed by atoms with E-state index in [1.807, 2.05) is 36.0 Å². The predicted molar refractivity (Wildman–Crippen MR) is 73.1 cm³/mol. The van der Waals surface area contributed by atoms with E-state index in [0.717, 1.165) is 27.9 Å². The number of hydrogen-bond acceptors (Lipinski definition) is 5. The number of pyridine rings is 1. The van der Waals surface area contributed by atoms with Gasteiger partial charge in [-0.25, -0.2) is 4.98 Å². The first-order valence-electron chi connectivity index (χ1n) is 5.97. The van der Waals surface area contributed by atoms with E-state index >= 15 is 0 Å². The molecule has 0 aliphatic rings. The van der Waals surface area contributed by atoms with E-state index in [9.17, 15) is 0 Å². The standard InChI is InChI=1S/C12H14N6S/c1-17-8-14-16-12(17)19-11-9(5-6-13)18-7-3-2-4-10(18)15-11/h2-4,7-8H,5-6,13H2,1H3. The lowest BCUT2D eigenvalue weighted by Crippen LogP contribution is -2.06.